The molecule has 0 spiro atoms. The Hall–Kier alpha value is -0.120. The molecule has 84 valence electrons. The van der Waals surface area contributed by atoms with E-state index >= 15 is 0 Å². The highest BCUT2D eigenvalue weighted by molar-refractivity contribution is 4.82. The molecule has 3 heteroatoms. The van der Waals surface area contributed by atoms with Crippen LogP contribution in [-0.2, 0) is 4.74 Å². The van der Waals surface area contributed by atoms with Gasteiger partial charge >= 0.3 is 0 Å². The predicted octanol–water partition coefficient (Wildman–Crippen LogP) is 1.08. The summed E-state index contributed by atoms with van der Waals surface area (Å²) in [5.74, 6) is 0.549. The van der Waals surface area contributed by atoms with Crippen LogP contribution in [-0.4, -0.2) is 43.3 Å². The van der Waals surface area contributed by atoms with Gasteiger partial charge in [-0.1, -0.05) is 6.92 Å². The number of hydrogen-bond acceptors (Lipinski definition) is 3. The van der Waals surface area contributed by atoms with Crippen molar-refractivity contribution in [2.45, 2.75) is 45.4 Å². The summed E-state index contributed by atoms with van der Waals surface area (Å²) in [6.07, 6.45) is 1.53. The summed E-state index contributed by atoms with van der Waals surface area (Å²) in [6.45, 7) is 8.41. The number of ether oxygens (including phenoxy) is 1. The minimum Gasteiger partial charge on any atom is -0.377 e. The van der Waals surface area contributed by atoms with Crippen molar-refractivity contribution in [2.24, 2.45) is 11.7 Å². The molecule has 3 nitrogen and oxygen atoms in total. The summed E-state index contributed by atoms with van der Waals surface area (Å²) >= 11 is 0. The van der Waals surface area contributed by atoms with Crippen molar-refractivity contribution >= 4 is 0 Å². The first-order chi connectivity index (χ1) is 6.52. The van der Waals surface area contributed by atoms with E-state index in [-0.39, 0.29) is 6.04 Å². The first kappa shape index (κ1) is 12.0. The van der Waals surface area contributed by atoms with Gasteiger partial charge in [0.25, 0.3) is 0 Å². The van der Waals surface area contributed by atoms with Gasteiger partial charge in [0, 0.05) is 25.2 Å². The Balaban J connectivity index is 2.37. The third-order valence-electron chi connectivity index (χ3n) is 3.38. The SMILES string of the molecule is CC(N)C(C)CN(C)C1CCOC1C. The molecule has 4 atom stereocenters. The highest BCUT2D eigenvalue weighted by Gasteiger charge is 2.28. The maximum atomic E-state index is 5.86. The third-order valence-corrected chi connectivity index (χ3v) is 3.38. The van der Waals surface area contributed by atoms with Crippen molar-refractivity contribution in [1.82, 2.24) is 4.90 Å². The van der Waals surface area contributed by atoms with E-state index in [4.69, 9.17) is 10.5 Å². The number of rotatable bonds is 4. The second-order valence-electron chi connectivity index (χ2n) is 4.71. The fourth-order valence-electron chi connectivity index (χ4n) is 2.06. The molecule has 0 amide bonds. The molecule has 0 radical (unpaired) electrons. The van der Waals surface area contributed by atoms with Crippen LogP contribution in [0.2, 0.25) is 0 Å². The largest absolute Gasteiger partial charge is 0.377 e. The van der Waals surface area contributed by atoms with Gasteiger partial charge in [-0.25, -0.2) is 0 Å². The predicted molar refractivity (Wildman–Crippen MR) is 59.3 cm³/mol. The van der Waals surface area contributed by atoms with Gasteiger partial charge < -0.3 is 15.4 Å². The van der Waals surface area contributed by atoms with E-state index in [1.54, 1.807) is 0 Å². The third kappa shape index (κ3) is 2.94. The summed E-state index contributed by atoms with van der Waals surface area (Å²) < 4.78 is 5.56. The molecule has 0 aliphatic carbocycles. The molecule has 1 rings (SSSR count). The van der Waals surface area contributed by atoms with E-state index in [9.17, 15) is 0 Å². The van der Waals surface area contributed by atoms with Crippen molar-refractivity contribution < 1.29 is 4.74 Å². The van der Waals surface area contributed by atoms with Gasteiger partial charge in [-0.15, -0.1) is 0 Å². The van der Waals surface area contributed by atoms with Gasteiger partial charge in [0.15, 0.2) is 0 Å². The number of nitrogens with zero attached hydrogens (tertiary/aromatic N) is 1. The van der Waals surface area contributed by atoms with E-state index < -0.39 is 0 Å². The zero-order valence-electron chi connectivity index (χ0n) is 9.86. The first-order valence-electron chi connectivity index (χ1n) is 5.59. The van der Waals surface area contributed by atoms with Crippen LogP contribution in [0.15, 0.2) is 0 Å². The molecule has 4 unspecified atom stereocenters. The molecule has 1 fully saturated rings. The average molecular weight is 200 g/mol. The number of hydrogen-bond donors (Lipinski definition) is 1. The zero-order valence-corrected chi connectivity index (χ0v) is 9.86. The van der Waals surface area contributed by atoms with E-state index in [0.717, 1.165) is 19.6 Å². The van der Waals surface area contributed by atoms with Crippen molar-refractivity contribution in [1.29, 1.82) is 0 Å². The zero-order chi connectivity index (χ0) is 10.7. The molecule has 0 aromatic heterocycles. The standard InChI is InChI=1S/C11H24N2O/c1-8(9(2)12)7-13(4)11-5-6-14-10(11)3/h8-11H,5-7,12H2,1-4H3. The van der Waals surface area contributed by atoms with Gasteiger partial charge in [-0.05, 0) is 33.2 Å². The summed E-state index contributed by atoms with van der Waals surface area (Å²) in [5.41, 5.74) is 5.86. The Labute approximate surface area is 87.6 Å². The lowest BCUT2D eigenvalue weighted by molar-refractivity contribution is 0.0779. The molecule has 0 bridgehead atoms. The smallest absolute Gasteiger partial charge is 0.0702 e. The molecule has 0 aromatic rings. The quantitative estimate of drug-likeness (QED) is 0.738. The van der Waals surface area contributed by atoms with Crippen molar-refractivity contribution in [2.75, 3.05) is 20.2 Å². The Bertz CT molecular complexity index is 173. The van der Waals surface area contributed by atoms with E-state index in [1.807, 2.05) is 0 Å². The molecule has 1 aliphatic rings. The van der Waals surface area contributed by atoms with E-state index in [0.29, 0.717) is 18.1 Å². The fraction of sp³-hybridized carbons (Fsp3) is 1.00. The molecule has 1 saturated heterocycles. The maximum Gasteiger partial charge on any atom is 0.0702 e. The van der Waals surface area contributed by atoms with Crippen LogP contribution in [0.5, 0.6) is 0 Å². The minimum atomic E-state index is 0.273. The van der Waals surface area contributed by atoms with Gasteiger partial charge in [0.1, 0.15) is 0 Å². The molecule has 2 N–H and O–H groups in total. The van der Waals surface area contributed by atoms with Gasteiger partial charge in [-0.3, -0.25) is 0 Å². The van der Waals surface area contributed by atoms with E-state index in [1.165, 1.54) is 0 Å². The summed E-state index contributed by atoms with van der Waals surface area (Å²) in [7, 11) is 2.18. The second kappa shape index (κ2) is 5.10. The first-order valence-corrected chi connectivity index (χ1v) is 5.59. The van der Waals surface area contributed by atoms with Crippen LogP contribution in [0, 0.1) is 5.92 Å². The number of nitrogens with two attached hydrogens (primary N) is 1. The van der Waals surface area contributed by atoms with Gasteiger partial charge in [0.2, 0.25) is 0 Å². The lowest BCUT2D eigenvalue weighted by Crippen LogP contribution is -2.42. The number of likely N-dealkylation sites (N-methyl/N-ethyl adjacent to an activating group) is 1. The molecular formula is C11H24N2O. The Kier molecular flexibility index (Phi) is 4.35. The average Bonchev–Trinajstić information content (AvgIpc) is 2.51. The topological polar surface area (TPSA) is 38.5 Å². The van der Waals surface area contributed by atoms with Crippen molar-refractivity contribution in [3.63, 3.8) is 0 Å². The lowest BCUT2D eigenvalue weighted by atomic mass is 10.0. The van der Waals surface area contributed by atoms with Crippen LogP contribution in [0.3, 0.4) is 0 Å². The molecular weight excluding hydrogens is 176 g/mol. The summed E-state index contributed by atoms with van der Waals surface area (Å²) in [6, 6.07) is 0.853. The Morgan fingerprint density at radius 2 is 2.14 bits per heavy atom. The molecule has 1 heterocycles. The van der Waals surface area contributed by atoms with Crippen LogP contribution in [0.25, 0.3) is 0 Å². The lowest BCUT2D eigenvalue weighted by Gasteiger charge is -2.30. The van der Waals surface area contributed by atoms with Crippen LogP contribution in [0.4, 0.5) is 0 Å². The van der Waals surface area contributed by atoms with Crippen LogP contribution in [0.1, 0.15) is 27.2 Å². The Morgan fingerprint density at radius 1 is 1.50 bits per heavy atom. The Morgan fingerprint density at radius 3 is 2.57 bits per heavy atom. The summed E-state index contributed by atoms with van der Waals surface area (Å²) in [4.78, 5) is 2.39. The normalized spacial score (nSPS) is 32.1. The minimum absolute atomic E-state index is 0.273. The van der Waals surface area contributed by atoms with Crippen molar-refractivity contribution in [3.8, 4) is 0 Å². The maximum absolute atomic E-state index is 5.86. The fourth-order valence-corrected chi connectivity index (χ4v) is 2.06. The molecule has 0 aromatic carbocycles. The van der Waals surface area contributed by atoms with E-state index in [2.05, 4.69) is 32.7 Å². The van der Waals surface area contributed by atoms with Crippen LogP contribution >= 0.6 is 0 Å². The van der Waals surface area contributed by atoms with Crippen molar-refractivity contribution in [3.05, 3.63) is 0 Å². The highest BCUT2D eigenvalue weighted by Crippen LogP contribution is 2.19. The van der Waals surface area contributed by atoms with Gasteiger partial charge in [0.05, 0.1) is 6.10 Å². The second-order valence-corrected chi connectivity index (χ2v) is 4.71. The van der Waals surface area contributed by atoms with Gasteiger partial charge in [-0.2, -0.15) is 0 Å². The highest BCUT2D eigenvalue weighted by atomic mass is 16.5. The van der Waals surface area contributed by atoms with Crippen LogP contribution < -0.4 is 5.73 Å². The summed E-state index contributed by atoms with van der Waals surface area (Å²) in [5, 5.41) is 0. The molecule has 14 heavy (non-hydrogen) atoms. The monoisotopic (exact) mass is 200 g/mol. The molecule has 0 saturated carbocycles. The molecule has 1 aliphatic heterocycles.